The Morgan fingerprint density at radius 3 is 2.75 bits per heavy atom. The average molecular weight is 275 g/mol. The highest BCUT2D eigenvalue weighted by Gasteiger charge is 2.24. The lowest BCUT2D eigenvalue weighted by Gasteiger charge is -2.29. The topological polar surface area (TPSA) is 57.6 Å². The number of aryl methyl sites for hydroxylation is 1. The molecule has 0 radical (unpaired) electrons. The molecule has 1 amide bonds. The molecule has 4 heteroatoms. The van der Waals surface area contributed by atoms with Crippen LogP contribution < -0.4 is 4.90 Å². The van der Waals surface area contributed by atoms with Gasteiger partial charge in [0.1, 0.15) is 0 Å². The van der Waals surface area contributed by atoms with Crippen LogP contribution in [-0.4, -0.2) is 23.5 Å². The van der Waals surface area contributed by atoms with Gasteiger partial charge in [0.25, 0.3) is 0 Å². The Hall–Kier alpha value is -1.84. The quantitative estimate of drug-likeness (QED) is 0.811. The smallest absolute Gasteiger partial charge is 0.335 e. The highest BCUT2D eigenvalue weighted by Crippen LogP contribution is 2.29. The van der Waals surface area contributed by atoms with Gasteiger partial charge >= 0.3 is 5.97 Å². The first kappa shape index (κ1) is 14.6. The third kappa shape index (κ3) is 3.18. The van der Waals surface area contributed by atoms with Crippen LogP contribution in [0.3, 0.4) is 0 Å². The third-order valence-electron chi connectivity index (χ3n) is 3.76. The fourth-order valence-corrected chi connectivity index (χ4v) is 2.63. The molecule has 0 fully saturated rings. The van der Waals surface area contributed by atoms with Gasteiger partial charge in [-0.2, -0.15) is 0 Å². The number of fused-ring (bicyclic) bond motifs is 1. The molecule has 0 spiro atoms. The van der Waals surface area contributed by atoms with Gasteiger partial charge in [0.2, 0.25) is 5.91 Å². The predicted octanol–water partition coefficient (Wildman–Crippen LogP) is 3.24. The third-order valence-corrected chi connectivity index (χ3v) is 3.76. The number of carboxylic acids is 1. The van der Waals surface area contributed by atoms with E-state index in [2.05, 4.69) is 6.92 Å². The molecule has 4 nitrogen and oxygen atoms in total. The minimum Gasteiger partial charge on any atom is -0.478 e. The van der Waals surface area contributed by atoms with E-state index in [0.717, 1.165) is 30.6 Å². The molecule has 1 aromatic rings. The summed E-state index contributed by atoms with van der Waals surface area (Å²) in [6.07, 6.45) is 5.60. The number of carbonyl (C=O) groups excluding carboxylic acids is 1. The number of hydrogen-bond donors (Lipinski definition) is 1. The molecule has 0 aromatic heterocycles. The number of hydrogen-bond acceptors (Lipinski definition) is 2. The zero-order valence-electron chi connectivity index (χ0n) is 11.9. The lowest BCUT2D eigenvalue weighted by Crippen LogP contribution is -2.36. The van der Waals surface area contributed by atoms with Crippen LogP contribution in [-0.2, 0) is 11.2 Å². The summed E-state index contributed by atoms with van der Waals surface area (Å²) in [5.41, 5.74) is 2.16. The fraction of sp³-hybridized carbons (Fsp3) is 0.500. The number of carboxylic acid groups (broad SMARTS) is 1. The maximum atomic E-state index is 12.0. The highest BCUT2D eigenvalue weighted by atomic mass is 16.4. The van der Waals surface area contributed by atoms with Crippen LogP contribution in [0.2, 0.25) is 0 Å². The van der Waals surface area contributed by atoms with E-state index in [0.29, 0.717) is 18.4 Å². The maximum absolute atomic E-state index is 12.0. The van der Waals surface area contributed by atoms with E-state index in [1.165, 1.54) is 12.8 Å². The summed E-state index contributed by atoms with van der Waals surface area (Å²) in [6.45, 7) is 2.90. The Labute approximate surface area is 119 Å². The van der Waals surface area contributed by atoms with Gasteiger partial charge in [-0.05, 0) is 36.6 Å². The van der Waals surface area contributed by atoms with Crippen molar-refractivity contribution in [2.24, 2.45) is 0 Å². The number of benzene rings is 1. The van der Waals surface area contributed by atoms with Crippen LogP contribution in [0.25, 0.3) is 0 Å². The molecule has 0 atom stereocenters. The van der Waals surface area contributed by atoms with Crippen molar-refractivity contribution in [1.82, 2.24) is 0 Å². The monoisotopic (exact) mass is 275 g/mol. The molecule has 0 aliphatic carbocycles. The van der Waals surface area contributed by atoms with Gasteiger partial charge in [-0.3, -0.25) is 4.79 Å². The summed E-state index contributed by atoms with van der Waals surface area (Å²) in [5, 5.41) is 9.02. The second kappa shape index (κ2) is 6.55. The van der Waals surface area contributed by atoms with Crippen LogP contribution in [0.15, 0.2) is 18.2 Å². The van der Waals surface area contributed by atoms with Crippen LogP contribution in [0.1, 0.15) is 54.9 Å². The summed E-state index contributed by atoms with van der Waals surface area (Å²) in [6, 6.07) is 5.05. The van der Waals surface area contributed by atoms with Gasteiger partial charge in [-0.25, -0.2) is 4.79 Å². The number of nitrogens with zero attached hydrogens (tertiary/aromatic N) is 1. The molecule has 0 bridgehead atoms. The van der Waals surface area contributed by atoms with Crippen molar-refractivity contribution in [2.45, 2.75) is 45.4 Å². The second-order valence-corrected chi connectivity index (χ2v) is 5.25. The Kier molecular flexibility index (Phi) is 4.77. The summed E-state index contributed by atoms with van der Waals surface area (Å²) in [5.74, 6) is -0.767. The van der Waals surface area contributed by atoms with E-state index in [1.807, 2.05) is 4.90 Å². The Morgan fingerprint density at radius 2 is 2.05 bits per heavy atom. The van der Waals surface area contributed by atoms with E-state index in [1.54, 1.807) is 18.2 Å². The summed E-state index contributed by atoms with van der Waals surface area (Å²) in [7, 11) is 0. The molecular formula is C16H21NO3. The number of amides is 1. The van der Waals surface area contributed by atoms with Crippen molar-refractivity contribution in [3.63, 3.8) is 0 Å². The summed E-state index contributed by atoms with van der Waals surface area (Å²) < 4.78 is 0. The molecule has 1 aliphatic rings. The minimum atomic E-state index is -0.917. The highest BCUT2D eigenvalue weighted by molar-refractivity contribution is 5.97. The standard InChI is InChI=1S/C16H21NO3/c1-2-3-4-5-10-17-14-8-6-13(16(19)20)11-12(14)7-9-15(17)18/h6,8,11H,2-5,7,9-10H2,1H3,(H,19,20). The van der Waals surface area contributed by atoms with Crippen molar-refractivity contribution in [3.05, 3.63) is 29.3 Å². The van der Waals surface area contributed by atoms with Gasteiger partial charge in [0.15, 0.2) is 0 Å². The van der Waals surface area contributed by atoms with E-state index >= 15 is 0 Å². The normalized spacial score (nSPS) is 14.2. The van der Waals surface area contributed by atoms with Gasteiger partial charge < -0.3 is 10.0 Å². The minimum absolute atomic E-state index is 0.150. The fourth-order valence-electron chi connectivity index (χ4n) is 2.63. The number of anilines is 1. The molecule has 1 heterocycles. The number of carbonyl (C=O) groups is 2. The molecule has 0 saturated carbocycles. The first-order valence-electron chi connectivity index (χ1n) is 7.30. The van der Waals surface area contributed by atoms with Gasteiger partial charge in [-0.15, -0.1) is 0 Å². The van der Waals surface area contributed by atoms with E-state index in [-0.39, 0.29) is 5.91 Å². The first-order chi connectivity index (χ1) is 9.63. The van der Waals surface area contributed by atoms with Crippen molar-refractivity contribution in [3.8, 4) is 0 Å². The lowest BCUT2D eigenvalue weighted by molar-refractivity contribution is -0.118. The SMILES string of the molecule is CCCCCCN1C(=O)CCc2cc(C(=O)O)ccc21. The molecular weight excluding hydrogens is 254 g/mol. The Balaban J connectivity index is 2.14. The molecule has 1 N–H and O–H groups in total. The second-order valence-electron chi connectivity index (χ2n) is 5.25. The van der Waals surface area contributed by atoms with Crippen molar-refractivity contribution in [1.29, 1.82) is 0 Å². The molecule has 2 rings (SSSR count). The summed E-state index contributed by atoms with van der Waals surface area (Å²) in [4.78, 5) is 24.9. The molecule has 20 heavy (non-hydrogen) atoms. The Bertz CT molecular complexity index is 510. The lowest BCUT2D eigenvalue weighted by atomic mass is 9.98. The molecule has 0 unspecified atom stereocenters. The predicted molar refractivity (Wildman–Crippen MR) is 78.2 cm³/mol. The van der Waals surface area contributed by atoms with Crippen LogP contribution in [0.5, 0.6) is 0 Å². The van der Waals surface area contributed by atoms with E-state index < -0.39 is 5.97 Å². The number of rotatable bonds is 6. The van der Waals surface area contributed by atoms with Crippen LogP contribution >= 0.6 is 0 Å². The zero-order chi connectivity index (χ0) is 14.5. The van der Waals surface area contributed by atoms with Crippen molar-refractivity contribution >= 4 is 17.6 Å². The molecule has 108 valence electrons. The number of unbranched alkanes of at least 4 members (excludes halogenated alkanes) is 3. The van der Waals surface area contributed by atoms with E-state index in [4.69, 9.17) is 5.11 Å². The Morgan fingerprint density at radius 1 is 1.25 bits per heavy atom. The van der Waals surface area contributed by atoms with E-state index in [9.17, 15) is 9.59 Å². The van der Waals surface area contributed by atoms with Gasteiger partial charge in [-0.1, -0.05) is 26.2 Å². The van der Waals surface area contributed by atoms with Gasteiger partial charge in [0, 0.05) is 18.7 Å². The zero-order valence-corrected chi connectivity index (χ0v) is 11.9. The average Bonchev–Trinajstić information content (AvgIpc) is 2.44. The molecule has 0 saturated heterocycles. The number of aromatic carboxylic acids is 1. The maximum Gasteiger partial charge on any atom is 0.335 e. The first-order valence-corrected chi connectivity index (χ1v) is 7.30. The van der Waals surface area contributed by atoms with Crippen molar-refractivity contribution in [2.75, 3.05) is 11.4 Å². The van der Waals surface area contributed by atoms with Gasteiger partial charge in [0.05, 0.1) is 5.56 Å². The molecule has 1 aliphatic heterocycles. The largest absolute Gasteiger partial charge is 0.478 e. The van der Waals surface area contributed by atoms with Crippen LogP contribution in [0, 0.1) is 0 Å². The molecule has 1 aromatic carbocycles. The van der Waals surface area contributed by atoms with Crippen molar-refractivity contribution < 1.29 is 14.7 Å². The van der Waals surface area contributed by atoms with Crippen LogP contribution in [0.4, 0.5) is 5.69 Å². The summed E-state index contributed by atoms with van der Waals surface area (Å²) >= 11 is 0.